The van der Waals surface area contributed by atoms with Crippen molar-refractivity contribution in [3.63, 3.8) is 0 Å². The number of rotatable bonds is 6. The highest BCUT2D eigenvalue weighted by atomic mass is 15.1. The van der Waals surface area contributed by atoms with Gasteiger partial charge in [-0.1, -0.05) is 6.07 Å². The van der Waals surface area contributed by atoms with Gasteiger partial charge in [0.2, 0.25) is 0 Å². The van der Waals surface area contributed by atoms with Gasteiger partial charge in [-0.05, 0) is 87.3 Å². The lowest BCUT2D eigenvalue weighted by Crippen LogP contribution is -2.18. The SMILES string of the molecule is Cc1ncc(C#N)c(Nc2ccc3[nH]ccc3c2C)c1/C=C/c1ccc(CN2CCCC2)cn1. The van der Waals surface area contributed by atoms with Gasteiger partial charge in [0.1, 0.15) is 6.07 Å². The Morgan fingerprint density at radius 1 is 1.06 bits per heavy atom. The van der Waals surface area contributed by atoms with Gasteiger partial charge in [0.15, 0.2) is 0 Å². The number of nitriles is 1. The standard InChI is InChI=1S/C28H28N6/c1-19-24-11-12-30-27(24)10-9-26(19)33-28-22(15-29)17-31-20(2)25(28)8-7-23-6-5-21(16-32-23)18-34-13-3-4-14-34/h5-12,16-17,30H,3-4,13-14,18H2,1-2H3,(H,31,33)/b8-7+. The molecule has 0 amide bonds. The van der Waals surface area contributed by atoms with Crippen LogP contribution < -0.4 is 5.32 Å². The van der Waals surface area contributed by atoms with Crippen molar-refractivity contribution >= 4 is 34.4 Å². The van der Waals surface area contributed by atoms with Gasteiger partial charge in [0.25, 0.3) is 0 Å². The molecule has 1 fully saturated rings. The molecule has 1 aliphatic heterocycles. The molecule has 0 bridgehead atoms. The highest BCUT2D eigenvalue weighted by molar-refractivity contribution is 5.90. The molecule has 0 saturated carbocycles. The molecule has 0 aliphatic carbocycles. The van der Waals surface area contributed by atoms with Crippen LogP contribution in [0.3, 0.4) is 0 Å². The number of H-pyrrole nitrogens is 1. The first kappa shape index (κ1) is 21.9. The van der Waals surface area contributed by atoms with Gasteiger partial charge >= 0.3 is 0 Å². The zero-order valence-electron chi connectivity index (χ0n) is 19.6. The number of hydrogen-bond acceptors (Lipinski definition) is 5. The lowest BCUT2D eigenvalue weighted by atomic mass is 10.0. The number of anilines is 2. The van der Waals surface area contributed by atoms with Gasteiger partial charge in [-0.3, -0.25) is 14.9 Å². The van der Waals surface area contributed by atoms with Crippen LogP contribution in [0, 0.1) is 25.2 Å². The van der Waals surface area contributed by atoms with Crippen molar-refractivity contribution in [1.82, 2.24) is 19.9 Å². The lowest BCUT2D eigenvalue weighted by molar-refractivity contribution is 0.331. The number of aromatic nitrogens is 3. The summed E-state index contributed by atoms with van der Waals surface area (Å²) in [5.74, 6) is 0. The molecule has 1 aromatic carbocycles. The van der Waals surface area contributed by atoms with E-state index >= 15 is 0 Å². The third kappa shape index (κ3) is 4.43. The second kappa shape index (κ2) is 9.50. The third-order valence-corrected chi connectivity index (χ3v) is 6.57. The summed E-state index contributed by atoms with van der Waals surface area (Å²) in [4.78, 5) is 14.8. The van der Waals surface area contributed by atoms with Crippen LogP contribution in [0.5, 0.6) is 0 Å². The second-order valence-corrected chi connectivity index (χ2v) is 8.87. The van der Waals surface area contributed by atoms with Gasteiger partial charge in [-0.2, -0.15) is 5.26 Å². The fourth-order valence-electron chi connectivity index (χ4n) is 4.59. The van der Waals surface area contributed by atoms with E-state index < -0.39 is 0 Å². The number of fused-ring (bicyclic) bond motifs is 1. The van der Waals surface area contributed by atoms with E-state index in [1.807, 2.05) is 43.6 Å². The number of nitrogens with zero attached hydrogens (tertiary/aromatic N) is 4. The smallest absolute Gasteiger partial charge is 0.103 e. The number of pyridine rings is 2. The van der Waals surface area contributed by atoms with E-state index in [0.717, 1.165) is 51.3 Å². The summed E-state index contributed by atoms with van der Waals surface area (Å²) in [6.45, 7) is 7.36. The van der Waals surface area contributed by atoms with Gasteiger partial charge in [-0.25, -0.2) is 0 Å². The Balaban J connectivity index is 1.43. The van der Waals surface area contributed by atoms with Crippen LogP contribution in [0.25, 0.3) is 23.1 Å². The first-order valence-electron chi connectivity index (χ1n) is 11.7. The summed E-state index contributed by atoms with van der Waals surface area (Å²) < 4.78 is 0. The number of aromatic amines is 1. The largest absolute Gasteiger partial charge is 0.361 e. The predicted octanol–water partition coefficient (Wildman–Crippen LogP) is 5.96. The minimum Gasteiger partial charge on any atom is -0.361 e. The Morgan fingerprint density at radius 3 is 2.68 bits per heavy atom. The van der Waals surface area contributed by atoms with Gasteiger partial charge < -0.3 is 10.3 Å². The van der Waals surface area contributed by atoms with E-state index in [0.29, 0.717) is 5.56 Å². The molecule has 6 nitrogen and oxygen atoms in total. The molecule has 170 valence electrons. The van der Waals surface area contributed by atoms with Crippen molar-refractivity contribution in [2.75, 3.05) is 18.4 Å². The van der Waals surface area contributed by atoms with Gasteiger partial charge in [-0.15, -0.1) is 0 Å². The van der Waals surface area contributed by atoms with Crippen LogP contribution in [0.2, 0.25) is 0 Å². The molecular formula is C28H28N6. The minimum absolute atomic E-state index is 0.507. The summed E-state index contributed by atoms with van der Waals surface area (Å²) in [6, 6.07) is 12.6. The predicted molar refractivity (Wildman–Crippen MR) is 138 cm³/mol. The summed E-state index contributed by atoms with van der Waals surface area (Å²) in [5, 5.41) is 14.4. The average Bonchev–Trinajstić information content (AvgIpc) is 3.54. The van der Waals surface area contributed by atoms with Crippen molar-refractivity contribution < 1.29 is 0 Å². The van der Waals surface area contributed by atoms with Crippen LogP contribution in [0.1, 0.15) is 46.5 Å². The van der Waals surface area contributed by atoms with Crippen molar-refractivity contribution in [1.29, 1.82) is 5.26 Å². The first-order valence-corrected chi connectivity index (χ1v) is 11.7. The molecule has 1 aliphatic rings. The molecule has 4 heterocycles. The number of benzene rings is 1. The number of nitrogens with one attached hydrogen (secondary N) is 2. The normalized spacial score (nSPS) is 14.1. The maximum Gasteiger partial charge on any atom is 0.103 e. The number of hydrogen-bond donors (Lipinski definition) is 2. The molecule has 2 N–H and O–H groups in total. The Bertz CT molecular complexity index is 1390. The van der Waals surface area contributed by atoms with Crippen LogP contribution in [-0.2, 0) is 6.54 Å². The van der Waals surface area contributed by atoms with Crippen molar-refractivity contribution in [2.45, 2.75) is 33.2 Å². The summed E-state index contributed by atoms with van der Waals surface area (Å²) in [7, 11) is 0. The van der Waals surface area contributed by atoms with Gasteiger partial charge in [0, 0.05) is 53.0 Å². The van der Waals surface area contributed by atoms with Crippen LogP contribution in [0.4, 0.5) is 11.4 Å². The first-order chi connectivity index (χ1) is 16.6. The van der Waals surface area contributed by atoms with E-state index in [2.05, 4.69) is 56.4 Å². The maximum atomic E-state index is 9.78. The topological polar surface area (TPSA) is 80.6 Å². The number of aryl methyl sites for hydroxylation is 2. The van der Waals surface area contributed by atoms with E-state index in [4.69, 9.17) is 0 Å². The van der Waals surface area contributed by atoms with Crippen LogP contribution in [-0.4, -0.2) is 32.9 Å². The summed E-state index contributed by atoms with van der Waals surface area (Å²) in [5.41, 5.74) is 8.30. The molecular weight excluding hydrogens is 420 g/mol. The average molecular weight is 449 g/mol. The Kier molecular flexibility index (Phi) is 6.11. The molecule has 6 heteroatoms. The van der Waals surface area contributed by atoms with E-state index in [9.17, 15) is 5.26 Å². The second-order valence-electron chi connectivity index (χ2n) is 8.87. The molecule has 4 aromatic rings. The summed E-state index contributed by atoms with van der Waals surface area (Å²) >= 11 is 0. The Hall–Kier alpha value is -3.95. The van der Waals surface area contributed by atoms with Gasteiger partial charge in [0.05, 0.1) is 16.9 Å². The summed E-state index contributed by atoms with van der Waals surface area (Å²) in [6.07, 6.45) is 12.1. The molecule has 0 atom stereocenters. The van der Waals surface area contributed by atoms with Crippen LogP contribution in [0.15, 0.2) is 48.9 Å². The van der Waals surface area contributed by atoms with Crippen molar-refractivity contribution in [3.8, 4) is 6.07 Å². The van der Waals surface area contributed by atoms with E-state index in [1.54, 1.807) is 6.20 Å². The molecule has 5 rings (SSSR count). The molecule has 34 heavy (non-hydrogen) atoms. The Morgan fingerprint density at radius 2 is 1.91 bits per heavy atom. The molecule has 1 saturated heterocycles. The van der Waals surface area contributed by atoms with Crippen LogP contribution >= 0.6 is 0 Å². The lowest BCUT2D eigenvalue weighted by Gasteiger charge is -2.16. The van der Waals surface area contributed by atoms with Crippen molar-refractivity contribution in [3.05, 3.63) is 82.6 Å². The molecule has 3 aromatic heterocycles. The zero-order chi connectivity index (χ0) is 23.5. The molecule has 0 unspecified atom stereocenters. The number of likely N-dealkylation sites (tertiary alicyclic amines) is 1. The maximum absolute atomic E-state index is 9.78. The zero-order valence-corrected chi connectivity index (χ0v) is 19.6. The molecule has 0 radical (unpaired) electrons. The fraction of sp³-hybridized carbons (Fsp3) is 0.250. The quantitative estimate of drug-likeness (QED) is 0.381. The third-order valence-electron chi connectivity index (χ3n) is 6.57. The Labute approximate surface area is 200 Å². The fourth-order valence-corrected chi connectivity index (χ4v) is 4.59. The minimum atomic E-state index is 0.507. The highest BCUT2D eigenvalue weighted by Gasteiger charge is 2.14. The van der Waals surface area contributed by atoms with Crippen molar-refractivity contribution in [2.24, 2.45) is 0 Å². The van der Waals surface area contributed by atoms with E-state index in [-0.39, 0.29) is 0 Å². The highest BCUT2D eigenvalue weighted by Crippen LogP contribution is 2.32. The van der Waals surface area contributed by atoms with E-state index in [1.165, 1.54) is 31.5 Å². The monoisotopic (exact) mass is 448 g/mol. The molecule has 0 spiro atoms.